The van der Waals surface area contributed by atoms with Gasteiger partial charge in [-0.1, -0.05) is 57.2 Å². The molecule has 7 heteroatoms. The van der Waals surface area contributed by atoms with Crippen LogP contribution in [0, 0.1) is 0 Å². The summed E-state index contributed by atoms with van der Waals surface area (Å²) in [5.74, 6) is 0. The molecule has 0 aliphatic heterocycles. The first-order valence-corrected chi connectivity index (χ1v) is 15.3. The fourth-order valence-corrected chi connectivity index (χ4v) is 4.86. The van der Waals surface area contributed by atoms with E-state index in [0.717, 1.165) is 11.3 Å². The standard InChI is InChI=1S/C25H40N2O3SSi/c1-24(2,3)31(28)27-22(19-29-18-20-14-10-9-11-15-20)23(21-16-12-13-17-26-21)30-32(7,8)25(4,5)6/h9-17,22-23,27H,18-19H2,1-8H3/t22-,23?,31?/m0/s1. The monoisotopic (exact) mass is 476 g/mol. The van der Waals surface area contributed by atoms with E-state index < -0.39 is 24.4 Å². The number of aromatic nitrogens is 1. The van der Waals surface area contributed by atoms with Crippen molar-refractivity contribution in [3.8, 4) is 0 Å². The van der Waals surface area contributed by atoms with Crippen LogP contribution in [0.4, 0.5) is 0 Å². The van der Waals surface area contributed by atoms with Gasteiger partial charge in [-0.2, -0.15) is 0 Å². The first-order valence-electron chi connectivity index (χ1n) is 11.2. The molecule has 0 aliphatic carbocycles. The zero-order valence-corrected chi connectivity index (χ0v) is 22.7. The summed E-state index contributed by atoms with van der Waals surface area (Å²) in [6.45, 7) is 17.8. The van der Waals surface area contributed by atoms with Crippen LogP contribution >= 0.6 is 0 Å². The highest BCUT2D eigenvalue weighted by atomic mass is 32.2. The van der Waals surface area contributed by atoms with E-state index in [-0.39, 0.29) is 17.2 Å². The average molecular weight is 477 g/mol. The molecule has 1 heterocycles. The lowest BCUT2D eigenvalue weighted by Crippen LogP contribution is -2.52. The quantitative estimate of drug-likeness (QED) is 0.348. The first kappa shape index (κ1) is 27.0. The van der Waals surface area contributed by atoms with Gasteiger partial charge in [-0.3, -0.25) is 4.98 Å². The summed E-state index contributed by atoms with van der Waals surface area (Å²) in [6.07, 6.45) is 1.40. The molecule has 0 spiro atoms. The Morgan fingerprint density at radius 1 is 1.00 bits per heavy atom. The van der Waals surface area contributed by atoms with Crippen molar-refractivity contribution in [2.24, 2.45) is 0 Å². The molecule has 0 aliphatic rings. The number of nitrogens with zero attached hydrogens (tertiary/aromatic N) is 1. The van der Waals surface area contributed by atoms with Crippen molar-refractivity contribution in [3.05, 3.63) is 66.0 Å². The largest absolute Gasteiger partial charge is 0.598 e. The van der Waals surface area contributed by atoms with Crippen molar-refractivity contribution >= 4 is 19.7 Å². The molecule has 3 atom stereocenters. The molecule has 0 amide bonds. The van der Waals surface area contributed by atoms with Crippen LogP contribution in [-0.2, 0) is 27.1 Å². The highest BCUT2D eigenvalue weighted by Gasteiger charge is 2.43. The highest BCUT2D eigenvalue weighted by molar-refractivity contribution is 7.90. The molecule has 0 fully saturated rings. The Hall–Kier alpha value is -1.22. The van der Waals surface area contributed by atoms with Crippen molar-refractivity contribution in [2.45, 2.75) is 83.2 Å². The third kappa shape index (κ3) is 7.97. The minimum Gasteiger partial charge on any atom is -0.598 e. The van der Waals surface area contributed by atoms with Gasteiger partial charge < -0.3 is 13.7 Å². The van der Waals surface area contributed by atoms with Crippen LogP contribution in [-0.4, -0.2) is 35.2 Å². The maximum atomic E-state index is 13.1. The lowest BCUT2D eigenvalue weighted by Gasteiger charge is -2.41. The molecule has 32 heavy (non-hydrogen) atoms. The van der Waals surface area contributed by atoms with Crippen molar-refractivity contribution in [1.29, 1.82) is 0 Å². The van der Waals surface area contributed by atoms with E-state index in [1.54, 1.807) is 6.20 Å². The fraction of sp³-hybridized carbons (Fsp3) is 0.560. The van der Waals surface area contributed by atoms with E-state index in [1.165, 1.54) is 0 Å². The van der Waals surface area contributed by atoms with Gasteiger partial charge in [-0.25, -0.2) is 0 Å². The Morgan fingerprint density at radius 3 is 2.16 bits per heavy atom. The molecule has 1 aromatic heterocycles. The van der Waals surface area contributed by atoms with Crippen LogP contribution in [0.5, 0.6) is 0 Å². The second kappa shape index (κ2) is 11.3. The van der Waals surface area contributed by atoms with Crippen LogP contribution in [0.3, 0.4) is 0 Å². The summed E-state index contributed by atoms with van der Waals surface area (Å²) in [4.78, 5) is 4.60. The van der Waals surface area contributed by atoms with E-state index in [0.29, 0.717) is 13.2 Å². The van der Waals surface area contributed by atoms with E-state index in [2.05, 4.69) is 43.6 Å². The summed E-state index contributed by atoms with van der Waals surface area (Å²) in [7, 11) is -2.15. The molecule has 2 unspecified atom stereocenters. The molecule has 2 aromatic rings. The maximum Gasteiger partial charge on any atom is 0.193 e. The van der Waals surface area contributed by atoms with Crippen molar-refractivity contribution in [2.75, 3.05) is 6.61 Å². The van der Waals surface area contributed by atoms with Gasteiger partial charge in [0.15, 0.2) is 8.32 Å². The summed E-state index contributed by atoms with van der Waals surface area (Å²) in [6, 6.07) is 15.6. The van der Waals surface area contributed by atoms with Crippen LogP contribution in [0.15, 0.2) is 54.7 Å². The third-order valence-electron chi connectivity index (χ3n) is 5.80. The number of hydrogen-bond donors (Lipinski definition) is 1. The molecular formula is C25H40N2O3SSi. The van der Waals surface area contributed by atoms with Gasteiger partial charge in [-0.05, 0) is 56.6 Å². The van der Waals surface area contributed by atoms with Gasteiger partial charge in [0.1, 0.15) is 16.9 Å². The van der Waals surface area contributed by atoms with E-state index in [1.807, 2.05) is 69.3 Å². The van der Waals surface area contributed by atoms with Gasteiger partial charge in [0.25, 0.3) is 0 Å². The van der Waals surface area contributed by atoms with Gasteiger partial charge in [0.2, 0.25) is 0 Å². The van der Waals surface area contributed by atoms with Crippen LogP contribution in [0.1, 0.15) is 58.9 Å². The summed E-state index contributed by atoms with van der Waals surface area (Å²) in [5.41, 5.74) is 1.92. The van der Waals surface area contributed by atoms with E-state index >= 15 is 0 Å². The Labute approximate surface area is 198 Å². The fourth-order valence-electron chi connectivity index (χ4n) is 2.76. The second-order valence-corrected chi connectivity index (χ2v) is 17.4. The van der Waals surface area contributed by atoms with Crippen LogP contribution < -0.4 is 4.72 Å². The zero-order chi connectivity index (χ0) is 24.0. The normalized spacial score (nSPS) is 15.9. The number of rotatable bonds is 10. The lowest BCUT2D eigenvalue weighted by atomic mass is 10.1. The Balaban J connectivity index is 2.33. The number of benzene rings is 1. The Morgan fingerprint density at radius 2 is 1.62 bits per heavy atom. The number of pyridine rings is 1. The summed E-state index contributed by atoms with van der Waals surface area (Å²) in [5, 5.41) is 0.0264. The van der Waals surface area contributed by atoms with Gasteiger partial charge in [0, 0.05) is 17.6 Å². The molecule has 178 valence electrons. The highest BCUT2D eigenvalue weighted by Crippen LogP contribution is 2.40. The van der Waals surface area contributed by atoms with E-state index in [4.69, 9.17) is 9.16 Å². The SMILES string of the molecule is CC(C)(C)[S+]([O-])N[C@@H](COCc1ccccc1)C(O[Si](C)(C)C(C)(C)C)c1ccccn1. The molecule has 1 N–H and O–H groups in total. The second-order valence-electron chi connectivity index (χ2n) is 10.7. The molecule has 5 nitrogen and oxygen atoms in total. The van der Waals surface area contributed by atoms with Crippen molar-refractivity contribution in [1.82, 2.24) is 9.71 Å². The average Bonchev–Trinajstić information content (AvgIpc) is 2.71. The van der Waals surface area contributed by atoms with Crippen molar-refractivity contribution < 1.29 is 13.7 Å². The topological polar surface area (TPSA) is 66.4 Å². The van der Waals surface area contributed by atoms with Gasteiger partial charge in [-0.15, -0.1) is 4.72 Å². The predicted octanol–water partition coefficient (Wildman–Crippen LogP) is 5.78. The minimum atomic E-state index is -2.15. The smallest absolute Gasteiger partial charge is 0.193 e. The Bertz CT molecular complexity index is 807. The number of ether oxygens (including phenoxy) is 1. The van der Waals surface area contributed by atoms with Gasteiger partial charge in [0.05, 0.1) is 18.9 Å². The summed E-state index contributed by atoms with van der Waals surface area (Å²) < 4.78 is 29.0. The van der Waals surface area contributed by atoms with Crippen molar-refractivity contribution in [3.63, 3.8) is 0 Å². The molecule has 2 rings (SSSR count). The number of nitrogens with one attached hydrogen (secondary N) is 1. The molecule has 0 saturated carbocycles. The number of hydrogen-bond acceptors (Lipinski definition) is 5. The molecule has 0 radical (unpaired) electrons. The minimum absolute atomic E-state index is 0.0264. The molecule has 0 saturated heterocycles. The predicted molar refractivity (Wildman–Crippen MR) is 136 cm³/mol. The Kier molecular flexibility index (Phi) is 9.52. The lowest BCUT2D eigenvalue weighted by molar-refractivity contribution is 0.0515. The van der Waals surface area contributed by atoms with Gasteiger partial charge >= 0.3 is 0 Å². The maximum absolute atomic E-state index is 13.1. The molecule has 1 aromatic carbocycles. The summed E-state index contributed by atoms with van der Waals surface area (Å²) >= 11 is -1.28. The third-order valence-corrected chi connectivity index (χ3v) is 11.9. The zero-order valence-electron chi connectivity index (χ0n) is 20.8. The molecular weight excluding hydrogens is 436 g/mol. The molecule has 0 bridgehead atoms. The van der Waals surface area contributed by atoms with E-state index in [9.17, 15) is 4.55 Å². The van der Waals surface area contributed by atoms with Crippen LogP contribution in [0.25, 0.3) is 0 Å². The van der Waals surface area contributed by atoms with Crippen LogP contribution in [0.2, 0.25) is 18.1 Å². The first-order chi connectivity index (χ1) is 14.8.